The average Bonchev–Trinajstić information content (AvgIpc) is 3.30. The van der Waals surface area contributed by atoms with Crippen molar-refractivity contribution >= 4 is 17.2 Å². The van der Waals surface area contributed by atoms with E-state index < -0.39 is 0 Å². The van der Waals surface area contributed by atoms with E-state index in [0.717, 1.165) is 40.3 Å². The highest BCUT2D eigenvalue weighted by atomic mass is 16.2. The number of para-hydroxylation sites is 1. The summed E-state index contributed by atoms with van der Waals surface area (Å²) in [6.45, 7) is 4.61. The molecule has 0 bridgehead atoms. The molecule has 28 heavy (non-hydrogen) atoms. The van der Waals surface area contributed by atoms with Crippen molar-refractivity contribution in [3.8, 4) is 11.1 Å². The number of benzene rings is 2. The number of rotatable bonds is 2. The van der Waals surface area contributed by atoms with Gasteiger partial charge in [-0.2, -0.15) is 5.10 Å². The SMILES string of the molecule is Cc1nn2c(C)c(C(=O)N3CCc4ccccc43)cnc2c1-c1ccccc1. The van der Waals surface area contributed by atoms with Crippen LogP contribution in [0.5, 0.6) is 0 Å². The Hall–Kier alpha value is -3.47. The molecule has 5 heteroatoms. The summed E-state index contributed by atoms with van der Waals surface area (Å²) in [6.07, 6.45) is 2.58. The van der Waals surface area contributed by atoms with Crippen molar-refractivity contribution in [2.75, 3.05) is 11.4 Å². The van der Waals surface area contributed by atoms with Crippen LogP contribution in [0.4, 0.5) is 5.69 Å². The van der Waals surface area contributed by atoms with Crippen LogP contribution in [0.15, 0.2) is 60.8 Å². The summed E-state index contributed by atoms with van der Waals surface area (Å²) in [5, 5.41) is 4.69. The topological polar surface area (TPSA) is 50.5 Å². The van der Waals surface area contributed by atoms with E-state index in [1.54, 1.807) is 10.7 Å². The lowest BCUT2D eigenvalue weighted by molar-refractivity contribution is 0.0988. The van der Waals surface area contributed by atoms with Crippen LogP contribution >= 0.6 is 0 Å². The molecule has 0 saturated heterocycles. The lowest BCUT2D eigenvalue weighted by Crippen LogP contribution is -2.30. The van der Waals surface area contributed by atoms with Crippen molar-refractivity contribution in [2.24, 2.45) is 0 Å². The number of anilines is 1. The van der Waals surface area contributed by atoms with Crippen molar-refractivity contribution in [1.29, 1.82) is 0 Å². The van der Waals surface area contributed by atoms with E-state index in [4.69, 9.17) is 0 Å². The molecule has 3 heterocycles. The van der Waals surface area contributed by atoms with Gasteiger partial charge in [0.2, 0.25) is 0 Å². The van der Waals surface area contributed by atoms with E-state index in [9.17, 15) is 4.79 Å². The van der Waals surface area contributed by atoms with E-state index in [0.29, 0.717) is 12.1 Å². The molecule has 0 atom stereocenters. The molecule has 0 unspecified atom stereocenters. The van der Waals surface area contributed by atoms with Gasteiger partial charge < -0.3 is 4.90 Å². The molecule has 0 spiro atoms. The fraction of sp³-hybridized carbons (Fsp3) is 0.174. The monoisotopic (exact) mass is 368 g/mol. The standard InChI is InChI=1S/C23H20N4O/c1-15-21(18-9-4-3-5-10-18)22-24-14-19(16(2)27(22)25-15)23(28)26-13-12-17-8-6-7-11-20(17)26/h3-11,14H,12-13H2,1-2H3. The van der Waals surface area contributed by atoms with Crippen LogP contribution in [0.25, 0.3) is 16.8 Å². The molecule has 0 saturated carbocycles. The van der Waals surface area contributed by atoms with Crippen molar-refractivity contribution < 1.29 is 4.79 Å². The predicted octanol–water partition coefficient (Wildman–Crippen LogP) is 4.22. The van der Waals surface area contributed by atoms with Gasteiger partial charge >= 0.3 is 0 Å². The Morgan fingerprint density at radius 1 is 1.00 bits per heavy atom. The smallest absolute Gasteiger partial charge is 0.261 e. The van der Waals surface area contributed by atoms with Gasteiger partial charge in [0, 0.05) is 24.0 Å². The summed E-state index contributed by atoms with van der Waals surface area (Å²) in [5.41, 5.74) is 7.37. The number of hydrogen-bond acceptors (Lipinski definition) is 3. The van der Waals surface area contributed by atoms with E-state index in [2.05, 4.69) is 28.3 Å². The second-order valence-corrected chi connectivity index (χ2v) is 7.15. The highest BCUT2D eigenvalue weighted by molar-refractivity contribution is 6.08. The lowest BCUT2D eigenvalue weighted by atomic mass is 10.1. The van der Waals surface area contributed by atoms with Gasteiger partial charge in [0.25, 0.3) is 5.91 Å². The lowest BCUT2D eigenvalue weighted by Gasteiger charge is -2.18. The Morgan fingerprint density at radius 2 is 1.75 bits per heavy atom. The number of nitrogens with zero attached hydrogens (tertiary/aromatic N) is 4. The number of hydrogen-bond donors (Lipinski definition) is 0. The van der Waals surface area contributed by atoms with E-state index in [1.807, 2.05) is 55.1 Å². The van der Waals surface area contributed by atoms with Crippen molar-refractivity contribution in [3.63, 3.8) is 0 Å². The van der Waals surface area contributed by atoms with Gasteiger partial charge in [-0.3, -0.25) is 4.79 Å². The van der Waals surface area contributed by atoms with Crippen LogP contribution in [0.1, 0.15) is 27.3 Å². The van der Waals surface area contributed by atoms with Gasteiger partial charge in [0.1, 0.15) is 0 Å². The summed E-state index contributed by atoms with van der Waals surface area (Å²) in [6, 6.07) is 18.2. The fourth-order valence-electron chi connectivity index (χ4n) is 4.05. The third kappa shape index (κ3) is 2.43. The first kappa shape index (κ1) is 16.7. The van der Waals surface area contributed by atoms with Gasteiger partial charge in [-0.15, -0.1) is 0 Å². The number of aromatic nitrogens is 3. The molecule has 4 aromatic rings. The van der Waals surface area contributed by atoms with Crippen LogP contribution in [-0.2, 0) is 6.42 Å². The highest BCUT2D eigenvalue weighted by Crippen LogP contribution is 2.31. The molecule has 0 N–H and O–H groups in total. The van der Waals surface area contributed by atoms with Crippen LogP contribution in [0.2, 0.25) is 0 Å². The molecule has 2 aromatic heterocycles. The molecule has 5 nitrogen and oxygen atoms in total. The molecule has 1 amide bonds. The maximum atomic E-state index is 13.3. The Balaban J connectivity index is 1.61. The minimum atomic E-state index is -0.0220. The summed E-state index contributed by atoms with van der Waals surface area (Å²) in [5.74, 6) is -0.0220. The zero-order valence-corrected chi connectivity index (χ0v) is 15.9. The molecule has 1 aliphatic rings. The third-order valence-electron chi connectivity index (χ3n) is 5.48. The minimum Gasteiger partial charge on any atom is -0.308 e. The number of fused-ring (bicyclic) bond motifs is 2. The van der Waals surface area contributed by atoms with Gasteiger partial charge in [-0.1, -0.05) is 48.5 Å². The Kier molecular flexibility index (Phi) is 3.76. The molecular formula is C23H20N4O. The molecule has 0 aliphatic carbocycles. The molecule has 2 aromatic carbocycles. The summed E-state index contributed by atoms with van der Waals surface area (Å²) in [4.78, 5) is 19.8. The molecule has 1 aliphatic heterocycles. The largest absolute Gasteiger partial charge is 0.308 e. The Morgan fingerprint density at radius 3 is 2.57 bits per heavy atom. The first-order chi connectivity index (χ1) is 13.6. The second kappa shape index (κ2) is 6.30. The molecular weight excluding hydrogens is 348 g/mol. The Labute approximate surface area is 163 Å². The molecule has 0 radical (unpaired) electrons. The summed E-state index contributed by atoms with van der Waals surface area (Å²) < 4.78 is 1.80. The predicted molar refractivity (Wildman–Crippen MR) is 110 cm³/mol. The van der Waals surface area contributed by atoms with Crippen LogP contribution in [-0.4, -0.2) is 27.0 Å². The van der Waals surface area contributed by atoms with Crippen LogP contribution in [0.3, 0.4) is 0 Å². The fourth-order valence-corrected chi connectivity index (χ4v) is 4.05. The van der Waals surface area contributed by atoms with Crippen LogP contribution < -0.4 is 4.90 Å². The third-order valence-corrected chi connectivity index (χ3v) is 5.48. The zero-order chi connectivity index (χ0) is 19.3. The van der Waals surface area contributed by atoms with Gasteiger partial charge in [-0.25, -0.2) is 9.50 Å². The summed E-state index contributed by atoms with van der Waals surface area (Å²) >= 11 is 0. The first-order valence-electron chi connectivity index (χ1n) is 9.45. The molecule has 0 fully saturated rings. The van der Waals surface area contributed by atoms with E-state index in [-0.39, 0.29) is 5.91 Å². The Bertz CT molecular complexity index is 1210. The average molecular weight is 368 g/mol. The minimum absolute atomic E-state index is 0.0220. The van der Waals surface area contributed by atoms with Crippen molar-refractivity contribution in [1.82, 2.24) is 14.6 Å². The quantitative estimate of drug-likeness (QED) is 0.532. The molecule has 138 valence electrons. The first-order valence-corrected chi connectivity index (χ1v) is 9.45. The van der Waals surface area contributed by atoms with Crippen LogP contribution in [0, 0.1) is 13.8 Å². The number of amides is 1. The van der Waals surface area contributed by atoms with Crippen molar-refractivity contribution in [2.45, 2.75) is 20.3 Å². The number of carbonyl (C=O) groups excluding carboxylic acids is 1. The van der Waals surface area contributed by atoms with Gasteiger partial charge in [0.05, 0.1) is 17.0 Å². The normalized spacial score (nSPS) is 13.1. The van der Waals surface area contributed by atoms with Gasteiger partial charge in [0.15, 0.2) is 5.65 Å². The highest BCUT2D eigenvalue weighted by Gasteiger charge is 2.27. The van der Waals surface area contributed by atoms with E-state index in [1.165, 1.54) is 5.56 Å². The van der Waals surface area contributed by atoms with Crippen molar-refractivity contribution in [3.05, 3.63) is 83.3 Å². The number of carbonyl (C=O) groups is 1. The summed E-state index contributed by atoms with van der Waals surface area (Å²) in [7, 11) is 0. The maximum absolute atomic E-state index is 13.3. The maximum Gasteiger partial charge on any atom is 0.261 e. The van der Waals surface area contributed by atoms with Gasteiger partial charge in [-0.05, 0) is 37.5 Å². The second-order valence-electron chi connectivity index (χ2n) is 7.15. The zero-order valence-electron chi connectivity index (χ0n) is 15.9. The van der Waals surface area contributed by atoms with E-state index >= 15 is 0 Å². The number of aryl methyl sites for hydroxylation is 2. The molecule has 5 rings (SSSR count).